The Morgan fingerprint density at radius 1 is 1.45 bits per heavy atom. The van der Waals surface area contributed by atoms with Crippen molar-refractivity contribution in [2.45, 2.75) is 6.61 Å². The summed E-state index contributed by atoms with van der Waals surface area (Å²) < 4.78 is 5.53. The van der Waals surface area contributed by atoms with Crippen molar-refractivity contribution in [2.24, 2.45) is 0 Å². The van der Waals surface area contributed by atoms with E-state index in [2.05, 4.69) is 4.98 Å². The zero-order valence-corrected chi connectivity index (χ0v) is 11.1. The van der Waals surface area contributed by atoms with E-state index in [9.17, 15) is 4.79 Å². The lowest BCUT2D eigenvalue weighted by molar-refractivity contribution is -0.132. The minimum Gasteiger partial charge on any atom is -0.487 e. The zero-order valence-electron chi connectivity index (χ0n) is 10.3. The molecule has 1 heterocycles. The number of aromatic nitrogens is 1. The first-order valence-corrected chi connectivity index (χ1v) is 6.58. The van der Waals surface area contributed by atoms with Crippen molar-refractivity contribution in [2.75, 3.05) is 0 Å². The Labute approximate surface area is 119 Å². The lowest BCUT2D eigenvalue weighted by Crippen LogP contribution is -1.97. The molecule has 0 unspecified atom stereocenters. The molecule has 0 saturated heterocycles. The first-order valence-electron chi connectivity index (χ1n) is 5.64. The summed E-state index contributed by atoms with van der Waals surface area (Å²) in [6.07, 6.45) is 1.31. The van der Waals surface area contributed by atoms with Gasteiger partial charge >= 0.3 is 5.97 Å². The van der Waals surface area contributed by atoms with Gasteiger partial charge in [-0.3, -0.25) is 0 Å². The molecule has 0 radical (unpaired) electrons. The van der Waals surface area contributed by atoms with Crippen LogP contribution in [0.3, 0.4) is 0 Å². The van der Waals surface area contributed by atoms with E-state index >= 15 is 0 Å². The maximum atomic E-state index is 10.7. The van der Waals surface area contributed by atoms with Gasteiger partial charge in [-0.2, -0.15) is 5.26 Å². The number of nitriles is 1. The summed E-state index contributed by atoms with van der Waals surface area (Å²) in [7, 11) is 0. The highest BCUT2D eigenvalue weighted by molar-refractivity contribution is 7.07. The number of rotatable bonds is 5. The molecular formula is C14H10N2O3S. The lowest BCUT2D eigenvalue weighted by atomic mass is 10.1. The number of aliphatic carboxylic acids is 1. The minimum atomic E-state index is -1.24. The van der Waals surface area contributed by atoms with E-state index in [4.69, 9.17) is 15.1 Å². The van der Waals surface area contributed by atoms with Crippen LogP contribution in [0.5, 0.6) is 5.75 Å². The van der Waals surface area contributed by atoms with Crippen molar-refractivity contribution in [1.82, 2.24) is 4.98 Å². The third-order valence-corrected chi connectivity index (χ3v) is 3.05. The molecule has 5 nitrogen and oxygen atoms in total. The third-order valence-electron chi connectivity index (χ3n) is 2.41. The molecule has 0 fully saturated rings. The summed E-state index contributed by atoms with van der Waals surface area (Å²) >= 11 is 1.50. The van der Waals surface area contributed by atoms with Gasteiger partial charge in [0.15, 0.2) is 0 Å². The maximum Gasteiger partial charge on any atom is 0.346 e. The van der Waals surface area contributed by atoms with E-state index in [-0.39, 0.29) is 5.57 Å². The lowest BCUT2D eigenvalue weighted by Gasteiger charge is -2.04. The Morgan fingerprint density at radius 3 is 2.75 bits per heavy atom. The monoisotopic (exact) mass is 286 g/mol. The number of carboxylic acid groups (broad SMARTS) is 1. The van der Waals surface area contributed by atoms with Gasteiger partial charge in [-0.15, -0.1) is 11.3 Å². The summed E-state index contributed by atoms with van der Waals surface area (Å²) in [6.45, 7) is 0.386. The number of hydrogen-bond donors (Lipinski definition) is 1. The molecule has 1 aromatic carbocycles. The van der Waals surface area contributed by atoms with Crippen LogP contribution in [0.4, 0.5) is 0 Å². The summed E-state index contributed by atoms with van der Waals surface area (Å²) in [4.78, 5) is 14.8. The van der Waals surface area contributed by atoms with Crippen molar-refractivity contribution in [3.8, 4) is 11.8 Å². The van der Waals surface area contributed by atoms with E-state index < -0.39 is 5.97 Å². The van der Waals surface area contributed by atoms with Crippen molar-refractivity contribution in [3.05, 3.63) is 52.0 Å². The molecular weight excluding hydrogens is 276 g/mol. The Balaban J connectivity index is 2.03. The summed E-state index contributed by atoms with van der Waals surface area (Å²) in [5.74, 6) is -0.583. The van der Waals surface area contributed by atoms with Crippen LogP contribution in [0.15, 0.2) is 40.7 Å². The first-order chi connectivity index (χ1) is 9.69. The highest BCUT2D eigenvalue weighted by atomic mass is 32.1. The van der Waals surface area contributed by atoms with Crippen LogP contribution >= 0.6 is 11.3 Å². The van der Waals surface area contributed by atoms with Crippen LogP contribution in [0, 0.1) is 11.3 Å². The van der Waals surface area contributed by atoms with E-state index in [1.165, 1.54) is 17.4 Å². The van der Waals surface area contributed by atoms with Gasteiger partial charge in [-0.25, -0.2) is 9.78 Å². The van der Waals surface area contributed by atoms with Crippen LogP contribution in [0.2, 0.25) is 0 Å². The molecule has 0 aliphatic rings. The third kappa shape index (κ3) is 3.67. The second-order valence-electron chi connectivity index (χ2n) is 3.81. The molecule has 2 rings (SSSR count). The van der Waals surface area contributed by atoms with Crippen molar-refractivity contribution >= 4 is 23.4 Å². The van der Waals surface area contributed by atoms with Crippen LogP contribution in [0.1, 0.15) is 11.3 Å². The van der Waals surface area contributed by atoms with Gasteiger partial charge < -0.3 is 9.84 Å². The van der Waals surface area contributed by atoms with Crippen molar-refractivity contribution in [1.29, 1.82) is 5.26 Å². The highest BCUT2D eigenvalue weighted by Gasteiger charge is 2.05. The van der Waals surface area contributed by atoms with E-state index in [0.717, 1.165) is 5.69 Å². The molecule has 6 heteroatoms. The summed E-state index contributed by atoms with van der Waals surface area (Å²) in [6, 6.07) is 8.45. The Kier molecular flexibility index (Phi) is 4.47. The number of ether oxygens (including phenoxy) is 1. The Bertz CT molecular complexity index is 655. The van der Waals surface area contributed by atoms with Crippen LogP contribution in [-0.4, -0.2) is 16.1 Å². The number of hydrogen-bond acceptors (Lipinski definition) is 5. The quantitative estimate of drug-likeness (QED) is 0.675. The van der Waals surface area contributed by atoms with Crippen molar-refractivity contribution < 1.29 is 14.6 Å². The fourth-order valence-corrected chi connectivity index (χ4v) is 1.98. The second kappa shape index (κ2) is 6.50. The van der Waals surface area contributed by atoms with Gasteiger partial charge in [0.25, 0.3) is 0 Å². The number of nitrogens with zero attached hydrogens (tertiary/aromatic N) is 2. The van der Waals surface area contributed by atoms with Gasteiger partial charge in [0.1, 0.15) is 24.0 Å². The number of benzene rings is 1. The fourth-order valence-electron chi connectivity index (χ4n) is 1.43. The van der Waals surface area contributed by atoms with Gasteiger partial charge in [-0.1, -0.05) is 12.1 Å². The average molecular weight is 286 g/mol. The van der Waals surface area contributed by atoms with Crippen LogP contribution in [-0.2, 0) is 11.4 Å². The van der Waals surface area contributed by atoms with E-state index in [1.807, 2.05) is 5.38 Å². The molecule has 0 spiro atoms. The highest BCUT2D eigenvalue weighted by Crippen LogP contribution is 2.16. The molecule has 0 atom stereocenters. The Morgan fingerprint density at radius 2 is 2.20 bits per heavy atom. The predicted molar refractivity (Wildman–Crippen MR) is 74.1 cm³/mol. The molecule has 0 amide bonds. The number of thiazole rings is 1. The summed E-state index contributed by atoms with van der Waals surface area (Å²) in [5.41, 5.74) is 2.92. The molecule has 0 bridgehead atoms. The molecule has 0 aliphatic carbocycles. The van der Waals surface area contributed by atoms with Crippen LogP contribution in [0.25, 0.3) is 6.08 Å². The number of carboxylic acids is 1. The summed E-state index contributed by atoms with van der Waals surface area (Å²) in [5, 5.41) is 19.3. The first kappa shape index (κ1) is 13.8. The van der Waals surface area contributed by atoms with Gasteiger partial charge in [0, 0.05) is 5.38 Å². The molecule has 20 heavy (non-hydrogen) atoms. The van der Waals surface area contributed by atoms with Crippen molar-refractivity contribution in [3.63, 3.8) is 0 Å². The minimum absolute atomic E-state index is 0.304. The molecule has 0 saturated carbocycles. The standard InChI is InChI=1S/C14H10N2O3S/c15-6-11(14(17)18)5-10-1-3-13(4-2-10)19-7-12-8-20-9-16-12/h1-5,8-9H,7H2,(H,17,18). The van der Waals surface area contributed by atoms with E-state index in [1.54, 1.807) is 35.8 Å². The predicted octanol–water partition coefficient (Wildman–Crippen LogP) is 2.71. The smallest absolute Gasteiger partial charge is 0.346 e. The normalized spacial score (nSPS) is 10.8. The fraction of sp³-hybridized carbons (Fsp3) is 0.0714. The Hall–Kier alpha value is -2.65. The second-order valence-corrected chi connectivity index (χ2v) is 4.53. The van der Waals surface area contributed by atoms with E-state index in [0.29, 0.717) is 17.9 Å². The van der Waals surface area contributed by atoms with Gasteiger partial charge in [0.2, 0.25) is 0 Å². The molecule has 100 valence electrons. The molecule has 2 aromatic rings. The SMILES string of the molecule is N#CC(=Cc1ccc(OCc2cscn2)cc1)C(=O)O. The number of carbonyl (C=O) groups is 1. The van der Waals surface area contributed by atoms with Gasteiger partial charge in [-0.05, 0) is 23.8 Å². The molecule has 0 aliphatic heterocycles. The molecule has 1 N–H and O–H groups in total. The topological polar surface area (TPSA) is 83.2 Å². The maximum absolute atomic E-state index is 10.7. The zero-order chi connectivity index (χ0) is 14.4. The average Bonchev–Trinajstić information content (AvgIpc) is 2.96. The van der Waals surface area contributed by atoms with Gasteiger partial charge in [0.05, 0.1) is 11.2 Å². The van der Waals surface area contributed by atoms with Crippen LogP contribution < -0.4 is 4.74 Å². The largest absolute Gasteiger partial charge is 0.487 e. The molecule has 1 aromatic heterocycles.